The molecule has 0 spiro atoms. The molecule has 0 saturated carbocycles. The lowest BCUT2D eigenvalue weighted by Crippen LogP contribution is -1.93. The summed E-state index contributed by atoms with van der Waals surface area (Å²) < 4.78 is 5.84. The molecule has 51 heavy (non-hydrogen) atoms. The molecule has 240 valence electrons. The minimum atomic E-state index is 1.08. The van der Waals surface area contributed by atoms with E-state index in [1.165, 1.54) is 77.0 Å². The molecule has 10 rings (SSSR count). The van der Waals surface area contributed by atoms with Gasteiger partial charge in [-0.05, 0) is 112 Å². The molecule has 0 bridgehead atoms. The smallest absolute Gasteiger partial charge is 0.0547 e. The Balaban J connectivity index is 1.21. The van der Waals surface area contributed by atoms with Gasteiger partial charge in [0.25, 0.3) is 0 Å². The molecule has 0 fully saturated rings. The molecule has 2 nitrogen and oxygen atoms in total. The normalized spacial score (nSPS) is 11.6. The van der Waals surface area contributed by atoms with Crippen molar-refractivity contribution >= 4 is 59.5 Å². The van der Waals surface area contributed by atoms with Crippen molar-refractivity contribution in [2.45, 2.75) is 0 Å². The van der Waals surface area contributed by atoms with Crippen molar-refractivity contribution in [3.05, 3.63) is 193 Å². The first-order valence-electron chi connectivity index (χ1n) is 17.3. The molecule has 0 N–H and O–H groups in total. The van der Waals surface area contributed by atoms with Crippen molar-refractivity contribution in [3.8, 4) is 44.8 Å². The second-order valence-electron chi connectivity index (χ2n) is 13.1. The summed E-state index contributed by atoms with van der Waals surface area (Å²) >= 11 is 3.86. The molecule has 0 radical (unpaired) electrons. The minimum Gasteiger partial charge on any atom is -0.309 e. The lowest BCUT2D eigenvalue weighted by atomic mass is 9.92. The van der Waals surface area contributed by atoms with E-state index in [4.69, 9.17) is 0 Å². The third kappa shape index (κ3) is 4.92. The van der Waals surface area contributed by atoms with Gasteiger partial charge in [-0.25, -0.2) is 0 Å². The lowest BCUT2D eigenvalue weighted by molar-refractivity contribution is 1.18. The molecule has 0 aliphatic carbocycles. The second kappa shape index (κ2) is 12.0. The number of halogens is 1. The van der Waals surface area contributed by atoms with Gasteiger partial charge in [0.05, 0.1) is 22.1 Å². The molecule has 0 atom stereocenters. The number of benzene rings is 8. The van der Waals surface area contributed by atoms with Crippen molar-refractivity contribution in [2.75, 3.05) is 0 Å². The van der Waals surface area contributed by atoms with E-state index in [-0.39, 0.29) is 0 Å². The second-order valence-corrected chi connectivity index (χ2v) is 14.0. The fourth-order valence-corrected chi connectivity index (χ4v) is 8.34. The third-order valence-corrected chi connectivity index (χ3v) is 10.9. The van der Waals surface area contributed by atoms with Crippen LogP contribution in [0.4, 0.5) is 0 Å². The highest BCUT2D eigenvalue weighted by Gasteiger charge is 2.17. The van der Waals surface area contributed by atoms with E-state index in [1.807, 2.05) is 0 Å². The molecule has 0 amide bonds. The van der Waals surface area contributed by atoms with Gasteiger partial charge in [0, 0.05) is 37.4 Å². The molecular weight excluding hydrogens is 684 g/mol. The summed E-state index contributed by atoms with van der Waals surface area (Å²) in [5.41, 5.74) is 14.2. The van der Waals surface area contributed by atoms with Gasteiger partial charge in [0.2, 0.25) is 0 Å². The summed E-state index contributed by atoms with van der Waals surface area (Å²) in [6.45, 7) is 0. The molecule has 2 heterocycles. The summed E-state index contributed by atoms with van der Waals surface area (Å²) in [5, 5.41) is 5.00. The number of hydrogen-bond donors (Lipinski definition) is 0. The van der Waals surface area contributed by atoms with Gasteiger partial charge in [-0.1, -0.05) is 125 Å². The Hall–Kier alpha value is -6.16. The highest BCUT2D eigenvalue weighted by molar-refractivity contribution is 9.10. The molecule has 0 aliphatic heterocycles. The van der Waals surface area contributed by atoms with Crippen LogP contribution in [0.25, 0.3) is 88.4 Å². The zero-order chi connectivity index (χ0) is 33.9. The van der Waals surface area contributed by atoms with Gasteiger partial charge in [-0.3, -0.25) is 0 Å². The Morgan fingerprint density at radius 2 is 0.765 bits per heavy atom. The summed E-state index contributed by atoms with van der Waals surface area (Å²) in [5.74, 6) is 0. The summed E-state index contributed by atoms with van der Waals surface area (Å²) in [4.78, 5) is 0. The van der Waals surface area contributed by atoms with Crippen molar-refractivity contribution in [3.63, 3.8) is 0 Å². The summed E-state index contributed by atoms with van der Waals surface area (Å²) in [6.07, 6.45) is 0. The molecule has 10 aromatic rings. The van der Waals surface area contributed by atoms with E-state index in [0.29, 0.717) is 0 Å². The molecule has 0 unspecified atom stereocenters. The third-order valence-electron chi connectivity index (χ3n) is 10.2. The van der Waals surface area contributed by atoms with Crippen molar-refractivity contribution in [2.24, 2.45) is 0 Å². The van der Waals surface area contributed by atoms with Crippen LogP contribution in [0.15, 0.2) is 193 Å². The summed E-state index contributed by atoms with van der Waals surface area (Å²) in [7, 11) is 0. The van der Waals surface area contributed by atoms with Crippen LogP contribution in [0.5, 0.6) is 0 Å². The Labute approximate surface area is 304 Å². The van der Waals surface area contributed by atoms with Crippen molar-refractivity contribution in [1.29, 1.82) is 0 Å². The number of fused-ring (bicyclic) bond motifs is 6. The van der Waals surface area contributed by atoms with Gasteiger partial charge < -0.3 is 9.13 Å². The fourth-order valence-electron chi connectivity index (χ4n) is 7.82. The van der Waals surface area contributed by atoms with Crippen LogP contribution in [0, 0.1) is 0 Å². The zero-order valence-corrected chi connectivity index (χ0v) is 29.3. The largest absolute Gasteiger partial charge is 0.309 e. The van der Waals surface area contributed by atoms with E-state index < -0.39 is 0 Å². The highest BCUT2D eigenvalue weighted by atomic mass is 79.9. The van der Waals surface area contributed by atoms with Gasteiger partial charge in [-0.2, -0.15) is 0 Å². The van der Waals surface area contributed by atoms with Crippen LogP contribution in [-0.2, 0) is 0 Å². The Bertz CT molecular complexity index is 2920. The van der Waals surface area contributed by atoms with Gasteiger partial charge >= 0.3 is 0 Å². The van der Waals surface area contributed by atoms with Crippen molar-refractivity contribution < 1.29 is 0 Å². The molecule has 8 aromatic carbocycles. The fraction of sp³-hybridized carbons (Fsp3) is 0. The molecule has 0 saturated heterocycles. The molecule has 2 aromatic heterocycles. The first-order valence-corrected chi connectivity index (χ1v) is 18.1. The zero-order valence-electron chi connectivity index (χ0n) is 27.7. The number of nitrogens with zero attached hydrogens (tertiary/aromatic N) is 2. The maximum Gasteiger partial charge on any atom is 0.0547 e. The van der Waals surface area contributed by atoms with Crippen LogP contribution in [0.1, 0.15) is 0 Å². The van der Waals surface area contributed by atoms with E-state index in [0.717, 1.165) is 15.8 Å². The molecule has 0 aliphatic rings. The average Bonchev–Trinajstić information content (AvgIpc) is 3.71. The highest BCUT2D eigenvalue weighted by Crippen LogP contribution is 2.40. The standard InChI is InChI=1S/C48H31BrN2/c49-44-20-10-7-17-39(44)36-28-34(32-24-26-47-43(30-32)41-19-9-12-22-46(41)50(47)37-13-3-1-4-14-37)27-35(29-36)33-23-25-42-40-18-8-11-21-45(40)51(48(42)31-33)38-15-5-2-6-16-38/h1-31H. The minimum absolute atomic E-state index is 1.08. The number of para-hydroxylation sites is 4. The van der Waals surface area contributed by atoms with E-state index >= 15 is 0 Å². The van der Waals surface area contributed by atoms with Crippen LogP contribution < -0.4 is 0 Å². The number of hydrogen-bond acceptors (Lipinski definition) is 0. The maximum absolute atomic E-state index is 3.86. The van der Waals surface area contributed by atoms with Crippen LogP contribution in [0.3, 0.4) is 0 Å². The number of rotatable bonds is 5. The predicted molar refractivity (Wildman–Crippen MR) is 219 cm³/mol. The van der Waals surface area contributed by atoms with Crippen LogP contribution >= 0.6 is 15.9 Å². The Morgan fingerprint density at radius 1 is 0.294 bits per heavy atom. The lowest BCUT2D eigenvalue weighted by Gasteiger charge is -2.14. The van der Waals surface area contributed by atoms with Crippen LogP contribution in [-0.4, -0.2) is 9.13 Å². The van der Waals surface area contributed by atoms with Crippen molar-refractivity contribution in [1.82, 2.24) is 9.13 Å². The SMILES string of the molecule is Brc1ccccc1-c1cc(-c2ccc3c(c2)c2ccccc2n3-c2ccccc2)cc(-c2ccc3c4ccccc4n(-c4ccccc4)c3c2)c1. The molecular formula is C48H31BrN2. The van der Waals surface area contributed by atoms with Gasteiger partial charge in [0.1, 0.15) is 0 Å². The average molecular weight is 716 g/mol. The van der Waals surface area contributed by atoms with Crippen LogP contribution in [0.2, 0.25) is 0 Å². The van der Waals surface area contributed by atoms with E-state index in [9.17, 15) is 0 Å². The molecule has 3 heteroatoms. The summed E-state index contributed by atoms with van der Waals surface area (Å²) in [6, 6.07) is 68.2. The van der Waals surface area contributed by atoms with Gasteiger partial charge in [-0.15, -0.1) is 0 Å². The Morgan fingerprint density at radius 3 is 1.43 bits per heavy atom. The Kier molecular flexibility index (Phi) is 7.00. The van der Waals surface area contributed by atoms with Gasteiger partial charge in [0.15, 0.2) is 0 Å². The quantitative estimate of drug-likeness (QED) is 0.168. The maximum atomic E-state index is 3.86. The predicted octanol–water partition coefficient (Wildman–Crippen LogP) is 13.6. The first kappa shape index (κ1) is 29.7. The van der Waals surface area contributed by atoms with E-state index in [1.54, 1.807) is 0 Å². The first-order chi connectivity index (χ1) is 25.2. The monoisotopic (exact) mass is 714 g/mol. The number of aromatic nitrogens is 2. The van der Waals surface area contributed by atoms with E-state index in [2.05, 4.69) is 213 Å². The topological polar surface area (TPSA) is 9.86 Å².